The zero-order valence-electron chi connectivity index (χ0n) is 22.2. The average Bonchev–Trinajstić information content (AvgIpc) is 3.44. The molecule has 0 atom stereocenters. The number of piperazine rings is 1. The number of pyridine rings is 1. The average molecular weight is 533 g/mol. The molecule has 0 bridgehead atoms. The molecule has 1 amide bonds. The molecule has 0 radical (unpaired) electrons. The van der Waals surface area contributed by atoms with Crippen LogP contribution in [0.5, 0.6) is 11.5 Å². The maximum Gasteiger partial charge on any atom is 0.356 e. The van der Waals surface area contributed by atoms with E-state index < -0.39 is 11.8 Å². The number of methoxy groups -OCH3 is 3. The molecule has 4 aromatic rings. The van der Waals surface area contributed by atoms with E-state index in [1.807, 2.05) is 29.2 Å². The normalized spacial score (nSPS) is 13.5. The number of esters is 1. The fourth-order valence-corrected chi connectivity index (χ4v) is 4.93. The molecule has 1 aliphatic rings. The van der Waals surface area contributed by atoms with Gasteiger partial charge in [-0.25, -0.2) is 14.2 Å². The number of para-hydroxylation sites is 1. The Morgan fingerprint density at radius 3 is 2.33 bits per heavy atom. The van der Waals surface area contributed by atoms with Gasteiger partial charge in [0.2, 0.25) is 0 Å². The molecule has 0 saturated carbocycles. The lowest BCUT2D eigenvalue weighted by Gasteiger charge is -2.35. The molecular formula is C29H29FN4O5. The quantitative estimate of drug-likeness (QED) is 0.367. The van der Waals surface area contributed by atoms with Crippen LogP contribution in [0.1, 0.15) is 26.5 Å². The van der Waals surface area contributed by atoms with Gasteiger partial charge in [-0.2, -0.15) is 0 Å². The number of aryl methyl sites for hydroxylation is 1. The van der Waals surface area contributed by atoms with Gasteiger partial charge in [0.25, 0.3) is 5.91 Å². The number of hydrogen-bond acceptors (Lipinski definition) is 7. The number of amides is 1. The summed E-state index contributed by atoms with van der Waals surface area (Å²) in [5.41, 5.74) is 2.83. The van der Waals surface area contributed by atoms with Crippen LogP contribution >= 0.6 is 0 Å². The van der Waals surface area contributed by atoms with Gasteiger partial charge in [0.15, 0.2) is 17.3 Å². The fourth-order valence-electron chi connectivity index (χ4n) is 4.93. The summed E-state index contributed by atoms with van der Waals surface area (Å²) in [6.45, 7) is 3.46. The first-order valence-corrected chi connectivity index (χ1v) is 12.5. The van der Waals surface area contributed by atoms with Crippen LogP contribution in [0, 0.1) is 12.7 Å². The third kappa shape index (κ3) is 4.73. The second kappa shape index (κ2) is 10.6. The summed E-state index contributed by atoms with van der Waals surface area (Å²) in [5, 5.41) is 0.609. The molecular weight excluding hydrogens is 503 g/mol. The Morgan fingerprint density at radius 1 is 0.923 bits per heavy atom. The summed E-state index contributed by atoms with van der Waals surface area (Å²) in [5.74, 6) is 0.537. The van der Waals surface area contributed by atoms with Crippen molar-refractivity contribution in [1.29, 1.82) is 0 Å². The van der Waals surface area contributed by atoms with E-state index in [4.69, 9.17) is 14.2 Å². The summed E-state index contributed by atoms with van der Waals surface area (Å²) in [6.07, 6.45) is 0. The van der Waals surface area contributed by atoms with Gasteiger partial charge in [0.05, 0.1) is 26.8 Å². The molecule has 1 fully saturated rings. The Balaban J connectivity index is 1.41. The number of carbonyl (C=O) groups excluding carboxylic acids is 2. The molecule has 0 aliphatic carbocycles. The Kier molecular flexibility index (Phi) is 7.10. The monoisotopic (exact) mass is 532 g/mol. The molecule has 0 spiro atoms. The SMILES string of the molecule is COC(=O)c1ccc(OC)c(N2CCN(C(=O)c3cc4c(-c5ccccc5OC)cc(C)c(F)c4[nH]3)CC2)n1. The second-order valence-corrected chi connectivity index (χ2v) is 9.22. The van der Waals surface area contributed by atoms with Crippen LogP contribution in [0.3, 0.4) is 0 Å². The minimum Gasteiger partial charge on any atom is -0.496 e. The van der Waals surface area contributed by atoms with E-state index in [2.05, 4.69) is 9.97 Å². The number of aromatic amines is 1. The Morgan fingerprint density at radius 2 is 1.64 bits per heavy atom. The van der Waals surface area contributed by atoms with Gasteiger partial charge in [-0.3, -0.25) is 4.79 Å². The largest absolute Gasteiger partial charge is 0.496 e. The highest BCUT2D eigenvalue weighted by Gasteiger charge is 2.27. The van der Waals surface area contributed by atoms with E-state index in [-0.39, 0.29) is 17.1 Å². The number of nitrogens with one attached hydrogen (secondary N) is 1. The maximum absolute atomic E-state index is 15.2. The van der Waals surface area contributed by atoms with Crippen molar-refractivity contribution in [2.45, 2.75) is 6.92 Å². The van der Waals surface area contributed by atoms with Crippen LogP contribution in [0.2, 0.25) is 0 Å². The van der Waals surface area contributed by atoms with E-state index in [9.17, 15) is 9.59 Å². The summed E-state index contributed by atoms with van der Waals surface area (Å²) < 4.78 is 30.9. The molecule has 39 heavy (non-hydrogen) atoms. The number of carbonyl (C=O) groups is 2. The van der Waals surface area contributed by atoms with Crippen LogP contribution in [-0.2, 0) is 4.74 Å². The second-order valence-electron chi connectivity index (χ2n) is 9.22. The number of benzene rings is 2. The number of fused-ring (bicyclic) bond motifs is 1. The van der Waals surface area contributed by atoms with Crippen molar-refractivity contribution in [2.75, 3.05) is 52.4 Å². The molecule has 9 nitrogen and oxygen atoms in total. The first kappa shape index (κ1) is 26.0. The molecule has 0 unspecified atom stereocenters. The zero-order valence-corrected chi connectivity index (χ0v) is 22.2. The van der Waals surface area contributed by atoms with E-state index in [0.29, 0.717) is 60.1 Å². The molecule has 5 rings (SSSR count). The predicted molar refractivity (Wildman–Crippen MR) is 145 cm³/mol. The minimum absolute atomic E-state index is 0.174. The summed E-state index contributed by atoms with van der Waals surface area (Å²) in [6, 6.07) is 14.2. The van der Waals surface area contributed by atoms with Crippen molar-refractivity contribution in [3.63, 3.8) is 0 Å². The van der Waals surface area contributed by atoms with Gasteiger partial charge >= 0.3 is 5.97 Å². The summed E-state index contributed by atoms with van der Waals surface area (Å²) in [4.78, 5) is 36.6. The molecule has 1 N–H and O–H groups in total. The first-order chi connectivity index (χ1) is 18.9. The highest BCUT2D eigenvalue weighted by atomic mass is 19.1. The lowest BCUT2D eigenvalue weighted by molar-refractivity contribution is 0.0594. The summed E-state index contributed by atoms with van der Waals surface area (Å²) in [7, 11) is 4.43. The lowest BCUT2D eigenvalue weighted by atomic mass is 9.98. The summed E-state index contributed by atoms with van der Waals surface area (Å²) >= 11 is 0. The third-order valence-electron chi connectivity index (χ3n) is 6.98. The van der Waals surface area contributed by atoms with Crippen LogP contribution < -0.4 is 14.4 Å². The number of halogens is 1. The number of anilines is 1. The van der Waals surface area contributed by atoms with Crippen molar-refractivity contribution in [2.24, 2.45) is 0 Å². The van der Waals surface area contributed by atoms with Gasteiger partial charge in [0.1, 0.15) is 17.3 Å². The number of ether oxygens (including phenoxy) is 3. The van der Waals surface area contributed by atoms with Gasteiger partial charge in [-0.15, -0.1) is 0 Å². The number of aromatic nitrogens is 2. The third-order valence-corrected chi connectivity index (χ3v) is 6.98. The molecule has 10 heteroatoms. The molecule has 1 aliphatic heterocycles. The first-order valence-electron chi connectivity index (χ1n) is 12.5. The van der Waals surface area contributed by atoms with E-state index in [0.717, 1.165) is 11.1 Å². The minimum atomic E-state index is -0.540. The van der Waals surface area contributed by atoms with E-state index in [1.165, 1.54) is 14.2 Å². The lowest BCUT2D eigenvalue weighted by Crippen LogP contribution is -2.49. The smallest absolute Gasteiger partial charge is 0.356 e. The highest BCUT2D eigenvalue weighted by molar-refractivity contribution is 6.04. The van der Waals surface area contributed by atoms with Crippen molar-refractivity contribution >= 4 is 28.6 Å². The fraction of sp³-hybridized carbons (Fsp3) is 0.276. The topological polar surface area (TPSA) is 97.0 Å². The number of H-pyrrole nitrogens is 1. The molecule has 3 heterocycles. The number of rotatable bonds is 6. The van der Waals surface area contributed by atoms with Crippen molar-refractivity contribution < 1.29 is 28.2 Å². The standard InChI is InChI=1S/C29H29FN4O5/c1-17-15-19(18-7-5-6-8-23(18)37-2)20-16-22(31-26(20)25(17)30)28(35)34-13-11-33(12-14-34)27-24(38-3)10-9-21(32-27)29(36)39-4/h5-10,15-16,31H,11-14H2,1-4H3. The van der Waals surface area contributed by atoms with Gasteiger partial charge in [0, 0.05) is 37.1 Å². The molecule has 2 aromatic heterocycles. The van der Waals surface area contributed by atoms with E-state index >= 15 is 4.39 Å². The van der Waals surface area contributed by atoms with Crippen LogP contribution in [0.25, 0.3) is 22.0 Å². The van der Waals surface area contributed by atoms with Crippen LogP contribution in [-0.4, -0.2) is 74.3 Å². The Labute approximate surface area is 225 Å². The predicted octanol–water partition coefficient (Wildman–Crippen LogP) is 4.44. The van der Waals surface area contributed by atoms with Crippen molar-refractivity contribution in [3.05, 3.63) is 71.3 Å². The van der Waals surface area contributed by atoms with Gasteiger partial charge < -0.3 is 29.0 Å². The maximum atomic E-state index is 15.2. The number of hydrogen-bond donors (Lipinski definition) is 1. The van der Waals surface area contributed by atoms with Crippen LogP contribution in [0.4, 0.5) is 10.2 Å². The molecule has 1 saturated heterocycles. The van der Waals surface area contributed by atoms with Crippen molar-refractivity contribution in [3.8, 4) is 22.6 Å². The molecule has 2 aromatic carbocycles. The van der Waals surface area contributed by atoms with Gasteiger partial charge in [-0.1, -0.05) is 18.2 Å². The zero-order chi connectivity index (χ0) is 27.7. The molecule has 202 valence electrons. The Hall–Kier alpha value is -4.60. The van der Waals surface area contributed by atoms with Crippen LogP contribution in [0.15, 0.2) is 48.5 Å². The Bertz CT molecular complexity index is 1560. The highest BCUT2D eigenvalue weighted by Crippen LogP contribution is 2.38. The van der Waals surface area contributed by atoms with Crippen molar-refractivity contribution in [1.82, 2.24) is 14.9 Å². The van der Waals surface area contributed by atoms with Gasteiger partial charge in [-0.05, 0) is 48.4 Å². The number of nitrogens with zero attached hydrogens (tertiary/aromatic N) is 3. The van der Waals surface area contributed by atoms with E-state index in [1.54, 1.807) is 43.2 Å².